The summed E-state index contributed by atoms with van der Waals surface area (Å²) in [7, 11) is 0. The lowest BCUT2D eigenvalue weighted by molar-refractivity contribution is 1.12. The highest BCUT2D eigenvalue weighted by Gasteiger charge is 2.02. The van der Waals surface area contributed by atoms with Crippen LogP contribution in [0.15, 0.2) is 35.2 Å². The van der Waals surface area contributed by atoms with E-state index in [2.05, 4.69) is 32.7 Å². The van der Waals surface area contributed by atoms with Crippen LogP contribution in [0.1, 0.15) is 6.92 Å². The van der Waals surface area contributed by atoms with E-state index < -0.39 is 0 Å². The summed E-state index contributed by atoms with van der Waals surface area (Å²) in [6, 6.07) is 9.96. The molecule has 0 aliphatic heterocycles. The topological polar surface area (TPSA) is 75.9 Å². The molecule has 19 heavy (non-hydrogen) atoms. The van der Waals surface area contributed by atoms with Crippen LogP contribution in [0.5, 0.6) is 0 Å². The third-order valence-electron chi connectivity index (χ3n) is 2.44. The van der Waals surface area contributed by atoms with Crippen molar-refractivity contribution < 1.29 is 0 Å². The van der Waals surface area contributed by atoms with Gasteiger partial charge >= 0.3 is 0 Å². The van der Waals surface area contributed by atoms with Gasteiger partial charge in [0.05, 0.1) is 0 Å². The Morgan fingerprint density at radius 3 is 2.74 bits per heavy atom. The number of nitrogens with one attached hydrogen (secondary N) is 2. The van der Waals surface area contributed by atoms with E-state index in [-0.39, 0.29) is 5.95 Å². The summed E-state index contributed by atoms with van der Waals surface area (Å²) in [6.07, 6.45) is 2.05. The van der Waals surface area contributed by atoms with Crippen molar-refractivity contribution in [3.63, 3.8) is 0 Å². The van der Waals surface area contributed by atoms with Crippen molar-refractivity contribution in [2.75, 3.05) is 29.2 Å². The molecule has 5 nitrogen and oxygen atoms in total. The standard InChI is InChI=1S/C13H17N5S/c1-3-15-11-8-12(18-13(14)17-11)16-9-5-4-6-10(7-9)19-2/h4-8H,3H2,1-2H3,(H4,14,15,16,17,18). The minimum Gasteiger partial charge on any atom is -0.370 e. The first kappa shape index (κ1) is 13.5. The summed E-state index contributed by atoms with van der Waals surface area (Å²) in [5.74, 6) is 1.65. The summed E-state index contributed by atoms with van der Waals surface area (Å²) in [4.78, 5) is 9.48. The molecule has 0 aliphatic rings. The lowest BCUT2D eigenvalue weighted by Gasteiger charge is -2.09. The van der Waals surface area contributed by atoms with Crippen molar-refractivity contribution in [2.24, 2.45) is 0 Å². The maximum Gasteiger partial charge on any atom is 0.223 e. The average Bonchev–Trinajstić information content (AvgIpc) is 2.38. The van der Waals surface area contributed by atoms with Crippen molar-refractivity contribution in [1.82, 2.24) is 9.97 Å². The summed E-state index contributed by atoms with van der Waals surface area (Å²) in [5.41, 5.74) is 6.67. The smallest absolute Gasteiger partial charge is 0.223 e. The van der Waals surface area contributed by atoms with E-state index in [4.69, 9.17) is 5.73 Å². The number of nitrogens with zero attached hydrogens (tertiary/aromatic N) is 2. The molecular weight excluding hydrogens is 258 g/mol. The Kier molecular flexibility index (Phi) is 4.46. The number of hydrogen-bond donors (Lipinski definition) is 3. The molecule has 0 saturated carbocycles. The van der Waals surface area contributed by atoms with Gasteiger partial charge in [-0.25, -0.2) is 0 Å². The maximum atomic E-state index is 5.69. The van der Waals surface area contributed by atoms with Crippen LogP contribution in [0.3, 0.4) is 0 Å². The maximum absolute atomic E-state index is 5.69. The number of nitrogens with two attached hydrogens (primary N) is 1. The van der Waals surface area contributed by atoms with E-state index in [9.17, 15) is 0 Å². The molecule has 1 aromatic carbocycles. The van der Waals surface area contributed by atoms with Gasteiger partial charge in [0.25, 0.3) is 0 Å². The fourth-order valence-corrected chi connectivity index (χ4v) is 2.11. The third kappa shape index (κ3) is 3.75. The van der Waals surface area contributed by atoms with Crippen LogP contribution >= 0.6 is 11.8 Å². The van der Waals surface area contributed by atoms with E-state index in [0.29, 0.717) is 5.82 Å². The second kappa shape index (κ2) is 6.29. The molecule has 0 atom stereocenters. The van der Waals surface area contributed by atoms with Crippen molar-refractivity contribution in [3.05, 3.63) is 30.3 Å². The van der Waals surface area contributed by atoms with Gasteiger partial charge in [0.15, 0.2) is 0 Å². The Balaban J connectivity index is 2.22. The molecule has 4 N–H and O–H groups in total. The number of anilines is 4. The van der Waals surface area contributed by atoms with Crippen LogP contribution in [-0.4, -0.2) is 22.8 Å². The van der Waals surface area contributed by atoms with Crippen molar-refractivity contribution in [3.8, 4) is 0 Å². The first-order valence-electron chi connectivity index (χ1n) is 6.00. The normalized spacial score (nSPS) is 10.2. The molecule has 1 heterocycles. The molecule has 0 spiro atoms. The largest absolute Gasteiger partial charge is 0.370 e. The molecule has 6 heteroatoms. The van der Waals surface area contributed by atoms with Crippen molar-refractivity contribution >= 4 is 35.0 Å². The molecule has 0 radical (unpaired) electrons. The molecule has 2 rings (SSSR count). The van der Waals surface area contributed by atoms with Crippen LogP contribution in [0.25, 0.3) is 0 Å². The quantitative estimate of drug-likeness (QED) is 0.728. The van der Waals surface area contributed by atoms with Crippen molar-refractivity contribution in [1.29, 1.82) is 0 Å². The van der Waals surface area contributed by atoms with Gasteiger partial charge in [-0.1, -0.05) is 6.07 Å². The fourth-order valence-electron chi connectivity index (χ4n) is 1.65. The first-order valence-corrected chi connectivity index (χ1v) is 7.23. The zero-order chi connectivity index (χ0) is 13.7. The van der Waals surface area contributed by atoms with Crippen LogP contribution in [0.4, 0.5) is 23.3 Å². The van der Waals surface area contributed by atoms with E-state index in [1.54, 1.807) is 11.8 Å². The van der Waals surface area contributed by atoms with Crippen LogP contribution in [0.2, 0.25) is 0 Å². The van der Waals surface area contributed by atoms with E-state index in [1.165, 1.54) is 4.90 Å². The number of nitrogen functional groups attached to an aromatic ring is 1. The minimum absolute atomic E-state index is 0.252. The van der Waals surface area contributed by atoms with Gasteiger partial charge in [0.2, 0.25) is 5.95 Å². The molecule has 0 unspecified atom stereocenters. The predicted octanol–water partition coefficient (Wildman–Crippen LogP) is 2.96. The highest BCUT2D eigenvalue weighted by Crippen LogP contribution is 2.22. The highest BCUT2D eigenvalue weighted by atomic mass is 32.2. The predicted molar refractivity (Wildman–Crippen MR) is 82.1 cm³/mol. The average molecular weight is 275 g/mol. The Morgan fingerprint density at radius 1 is 1.21 bits per heavy atom. The third-order valence-corrected chi connectivity index (χ3v) is 3.17. The van der Waals surface area contributed by atoms with Gasteiger partial charge in [-0.05, 0) is 31.4 Å². The van der Waals surface area contributed by atoms with Crippen LogP contribution in [-0.2, 0) is 0 Å². The summed E-state index contributed by atoms with van der Waals surface area (Å²) >= 11 is 1.70. The highest BCUT2D eigenvalue weighted by molar-refractivity contribution is 7.98. The number of benzene rings is 1. The number of rotatable bonds is 5. The van der Waals surface area contributed by atoms with Gasteiger partial charge in [-0.2, -0.15) is 9.97 Å². The van der Waals surface area contributed by atoms with E-state index >= 15 is 0 Å². The molecule has 2 aromatic rings. The first-order chi connectivity index (χ1) is 9.21. The molecule has 0 fully saturated rings. The lowest BCUT2D eigenvalue weighted by atomic mass is 10.3. The molecule has 100 valence electrons. The Morgan fingerprint density at radius 2 is 2.00 bits per heavy atom. The molecule has 1 aromatic heterocycles. The van der Waals surface area contributed by atoms with Crippen LogP contribution < -0.4 is 16.4 Å². The molecular formula is C13H17N5S. The van der Waals surface area contributed by atoms with Gasteiger partial charge < -0.3 is 16.4 Å². The van der Waals surface area contributed by atoms with Gasteiger partial charge in [0.1, 0.15) is 11.6 Å². The number of thioether (sulfide) groups is 1. The molecule has 0 amide bonds. The summed E-state index contributed by atoms with van der Waals surface area (Å²) in [5, 5.41) is 6.36. The Hall–Kier alpha value is -1.95. The lowest BCUT2D eigenvalue weighted by Crippen LogP contribution is -2.05. The van der Waals surface area contributed by atoms with Gasteiger partial charge in [-0.15, -0.1) is 11.8 Å². The fraction of sp³-hybridized carbons (Fsp3) is 0.231. The second-order valence-electron chi connectivity index (χ2n) is 3.88. The Labute approximate surface area is 117 Å². The molecule has 0 saturated heterocycles. The summed E-state index contributed by atoms with van der Waals surface area (Å²) < 4.78 is 0. The van der Waals surface area contributed by atoms with Crippen molar-refractivity contribution in [2.45, 2.75) is 11.8 Å². The number of hydrogen-bond acceptors (Lipinski definition) is 6. The Bertz CT molecular complexity index is 558. The minimum atomic E-state index is 0.252. The molecule has 0 aliphatic carbocycles. The zero-order valence-electron chi connectivity index (χ0n) is 11.0. The summed E-state index contributed by atoms with van der Waals surface area (Å²) in [6.45, 7) is 2.80. The van der Waals surface area contributed by atoms with Gasteiger partial charge in [0, 0.05) is 23.2 Å². The molecule has 0 bridgehead atoms. The number of aromatic nitrogens is 2. The zero-order valence-corrected chi connectivity index (χ0v) is 11.8. The van der Waals surface area contributed by atoms with E-state index in [1.807, 2.05) is 31.4 Å². The van der Waals surface area contributed by atoms with E-state index in [0.717, 1.165) is 18.1 Å². The SMILES string of the molecule is CCNc1cc(Nc2cccc(SC)c2)nc(N)n1. The second-order valence-corrected chi connectivity index (χ2v) is 4.76. The van der Waals surface area contributed by atoms with Crippen LogP contribution in [0, 0.1) is 0 Å². The monoisotopic (exact) mass is 275 g/mol. The van der Waals surface area contributed by atoms with Gasteiger partial charge in [-0.3, -0.25) is 0 Å².